The van der Waals surface area contributed by atoms with Crippen molar-refractivity contribution in [1.29, 1.82) is 0 Å². The van der Waals surface area contributed by atoms with Crippen molar-refractivity contribution in [2.75, 3.05) is 7.11 Å². The summed E-state index contributed by atoms with van der Waals surface area (Å²) in [4.78, 5) is 14.6. The molecule has 2 aromatic rings. The Labute approximate surface area is 122 Å². The number of carbonyl (C=O) groups is 1. The highest BCUT2D eigenvalue weighted by atomic mass is 19.4. The second-order valence-electron chi connectivity index (χ2n) is 4.12. The van der Waals surface area contributed by atoms with Crippen molar-refractivity contribution < 1.29 is 32.5 Å². The summed E-state index contributed by atoms with van der Waals surface area (Å²) in [5, 5.41) is 8.88. The number of carboxylic acids is 1. The van der Waals surface area contributed by atoms with Gasteiger partial charge in [0.1, 0.15) is 11.5 Å². The highest BCUT2D eigenvalue weighted by Gasteiger charge is 2.32. The molecule has 8 heteroatoms. The maximum absolute atomic E-state index is 12.4. The summed E-state index contributed by atoms with van der Waals surface area (Å²) in [5.74, 6) is -1.63. The fourth-order valence-electron chi connectivity index (χ4n) is 1.83. The van der Waals surface area contributed by atoms with Crippen molar-refractivity contribution in [1.82, 2.24) is 4.98 Å². The molecule has 1 aromatic carbocycles. The van der Waals surface area contributed by atoms with E-state index in [1.165, 1.54) is 25.3 Å². The molecule has 1 heterocycles. The molecule has 0 atom stereocenters. The average molecular weight is 313 g/mol. The Bertz CT molecular complexity index is 701. The number of nitrogens with zero attached hydrogens (tertiary/aromatic N) is 1. The lowest BCUT2D eigenvalue weighted by Crippen LogP contribution is -2.17. The minimum Gasteiger partial charge on any atom is -0.496 e. The Morgan fingerprint density at radius 2 is 1.86 bits per heavy atom. The molecule has 1 aromatic heterocycles. The van der Waals surface area contributed by atoms with Gasteiger partial charge in [-0.25, -0.2) is 9.78 Å². The molecule has 0 saturated heterocycles. The lowest BCUT2D eigenvalue weighted by molar-refractivity contribution is -0.274. The monoisotopic (exact) mass is 313 g/mol. The van der Waals surface area contributed by atoms with Gasteiger partial charge in [0.25, 0.3) is 0 Å². The first kappa shape index (κ1) is 15.6. The van der Waals surface area contributed by atoms with E-state index < -0.39 is 18.1 Å². The van der Waals surface area contributed by atoms with Crippen molar-refractivity contribution >= 4 is 5.97 Å². The van der Waals surface area contributed by atoms with Crippen LogP contribution >= 0.6 is 0 Å². The van der Waals surface area contributed by atoms with Crippen LogP contribution in [-0.2, 0) is 0 Å². The molecule has 0 unspecified atom stereocenters. The van der Waals surface area contributed by atoms with Gasteiger partial charge in [0.15, 0.2) is 5.69 Å². The first-order chi connectivity index (χ1) is 10.3. The standard InChI is InChI=1S/C14H10F3NO4/c1-21-12-6-10(13(19)20)18-7-9(12)8-4-2-3-5-11(8)22-14(15,16)17/h2-7H,1H3,(H,19,20). The molecule has 2 rings (SSSR count). The van der Waals surface area contributed by atoms with Gasteiger partial charge < -0.3 is 14.6 Å². The summed E-state index contributed by atoms with van der Waals surface area (Å²) in [6.45, 7) is 0. The zero-order valence-corrected chi connectivity index (χ0v) is 11.2. The number of pyridine rings is 1. The minimum absolute atomic E-state index is 0.0747. The molecular formula is C14H10F3NO4. The van der Waals surface area contributed by atoms with Gasteiger partial charge in [0.05, 0.1) is 7.11 Å². The van der Waals surface area contributed by atoms with E-state index in [1.807, 2.05) is 0 Å². The van der Waals surface area contributed by atoms with Crippen LogP contribution in [0.15, 0.2) is 36.5 Å². The minimum atomic E-state index is -4.85. The van der Waals surface area contributed by atoms with Crippen LogP contribution in [0, 0.1) is 0 Å². The third kappa shape index (κ3) is 3.46. The number of ether oxygens (including phenoxy) is 2. The van der Waals surface area contributed by atoms with Crippen molar-refractivity contribution in [3.05, 3.63) is 42.2 Å². The molecule has 0 amide bonds. The number of methoxy groups -OCH3 is 1. The number of rotatable bonds is 4. The molecule has 22 heavy (non-hydrogen) atoms. The molecule has 0 fully saturated rings. The highest BCUT2D eigenvalue weighted by molar-refractivity contribution is 5.87. The quantitative estimate of drug-likeness (QED) is 0.937. The fraction of sp³-hybridized carbons (Fsp3) is 0.143. The number of aromatic nitrogens is 1. The Kier molecular flexibility index (Phi) is 4.20. The average Bonchev–Trinajstić information content (AvgIpc) is 2.45. The van der Waals surface area contributed by atoms with Crippen LogP contribution in [0.2, 0.25) is 0 Å². The summed E-state index contributed by atoms with van der Waals surface area (Å²) in [5.41, 5.74) is -0.0108. The van der Waals surface area contributed by atoms with Crippen molar-refractivity contribution in [2.24, 2.45) is 0 Å². The summed E-state index contributed by atoms with van der Waals surface area (Å²) in [7, 11) is 1.28. The van der Waals surface area contributed by atoms with Crippen LogP contribution in [0.3, 0.4) is 0 Å². The second kappa shape index (κ2) is 5.92. The van der Waals surface area contributed by atoms with Gasteiger partial charge in [-0.1, -0.05) is 18.2 Å². The summed E-state index contributed by atoms with van der Waals surface area (Å²) in [6, 6.07) is 6.57. The molecule has 0 spiro atoms. The summed E-state index contributed by atoms with van der Waals surface area (Å²) >= 11 is 0. The number of benzene rings is 1. The van der Waals surface area contributed by atoms with Crippen LogP contribution in [-0.4, -0.2) is 29.5 Å². The van der Waals surface area contributed by atoms with E-state index >= 15 is 0 Å². The van der Waals surface area contributed by atoms with Gasteiger partial charge in [0, 0.05) is 23.4 Å². The number of aromatic carboxylic acids is 1. The van der Waals surface area contributed by atoms with E-state index in [0.29, 0.717) is 0 Å². The van der Waals surface area contributed by atoms with Gasteiger partial charge in [-0.2, -0.15) is 0 Å². The normalized spacial score (nSPS) is 11.1. The first-order valence-electron chi connectivity index (χ1n) is 5.94. The van der Waals surface area contributed by atoms with Crippen molar-refractivity contribution in [2.45, 2.75) is 6.36 Å². The van der Waals surface area contributed by atoms with Crippen LogP contribution in [0.4, 0.5) is 13.2 Å². The summed E-state index contributed by atoms with van der Waals surface area (Å²) < 4.78 is 46.3. The number of para-hydroxylation sites is 1. The molecule has 0 aliphatic heterocycles. The molecule has 0 radical (unpaired) electrons. The number of alkyl halides is 3. The molecule has 5 nitrogen and oxygen atoms in total. The lowest BCUT2D eigenvalue weighted by Gasteiger charge is -2.15. The smallest absolute Gasteiger partial charge is 0.496 e. The van der Waals surface area contributed by atoms with Crippen molar-refractivity contribution in [3.8, 4) is 22.6 Å². The van der Waals surface area contributed by atoms with Gasteiger partial charge >= 0.3 is 12.3 Å². The maximum Gasteiger partial charge on any atom is 0.573 e. The van der Waals surface area contributed by atoms with E-state index in [1.54, 1.807) is 0 Å². The first-order valence-corrected chi connectivity index (χ1v) is 5.94. The van der Waals surface area contributed by atoms with E-state index in [0.717, 1.165) is 18.3 Å². The Morgan fingerprint density at radius 3 is 2.45 bits per heavy atom. The van der Waals surface area contributed by atoms with Crippen LogP contribution in [0.1, 0.15) is 10.5 Å². The lowest BCUT2D eigenvalue weighted by atomic mass is 10.1. The van der Waals surface area contributed by atoms with Crippen molar-refractivity contribution in [3.63, 3.8) is 0 Å². The number of carboxylic acid groups (broad SMARTS) is 1. The van der Waals surface area contributed by atoms with Gasteiger partial charge in [-0.3, -0.25) is 0 Å². The third-order valence-electron chi connectivity index (χ3n) is 2.71. The number of hydrogen-bond donors (Lipinski definition) is 1. The predicted molar refractivity (Wildman–Crippen MR) is 69.9 cm³/mol. The topological polar surface area (TPSA) is 68.7 Å². The summed E-state index contributed by atoms with van der Waals surface area (Å²) in [6.07, 6.45) is -3.72. The fourth-order valence-corrected chi connectivity index (χ4v) is 1.83. The molecule has 1 N–H and O–H groups in total. The molecule has 0 aliphatic carbocycles. The molecule has 0 bridgehead atoms. The molecule has 116 valence electrons. The van der Waals surface area contributed by atoms with Gasteiger partial charge in [-0.05, 0) is 6.07 Å². The molecular weight excluding hydrogens is 303 g/mol. The third-order valence-corrected chi connectivity index (χ3v) is 2.71. The van der Waals surface area contributed by atoms with Crippen LogP contribution in [0.25, 0.3) is 11.1 Å². The largest absolute Gasteiger partial charge is 0.573 e. The number of halogens is 3. The van der Waals surface area contributed by atoms with Crippen LogP contribution < -0.4 is 9.47 Å². The molecule has 0 aliphatic rings. The number of hydrogen-bond acceptors (Lipinski definition) is 4. The van der Waals surface area contributed by atoms with E-state index in [4.69, 9.17) is 9.84 Å². The second-order valence-corrected chi connectivity index (χ2v) is 4.12. The Hall–Kier alpha value is -2.77. The predicted octanol–water partition coefficient (Wildman–Crippen LogP) is 3.35. The Balaban J connectivity index is 2.55. The van der Waals surface area contributed by atoms with Crippen LogP contribution in [0.5, 0.6) is 11.5 Å². The van der Waals surface area contributed by atoms with E-state index in [9.17, 15) is 18.0 Å². The highest BCUT2D eigenvalue weighted by Crippen LogP contribution is 2.38. The van der Waals surface area contributed by atoms with E-state index in [2.05, 4.69) is 9.72 Å². The van der Waals surface area contributed by atoms with Gasteiger partial charge in [-0.15, -0.1) is 13.2 Å². The zero-order valence-electron chi connectivity index (χ0n) is 11.2. The SMILES string of the molecule is COc1cc(C(=O)O)ncc1-c1ccccc1OC(F)(F)F. The molecule has 0 saturated carbocycles. The Morgan fingerprint density at radius 1 is 1.18 bits per heavy atom. The zero-order chi connectivity index (χ0) is 16.3. The van der Waals surface area contributed by atoms with E-state index in [-0.39, 0.29) is 22.6 Å². The maximum atomic E-state index is 12.4. The van der Waals surface area contributed by atoms with Gasteiger partial charge in [0.2, 0.25) is 0 Å².